The third kappa shape index (κ3) is 6.22. The summed E-state index contributed by atoms with van der Waals surface area (Å²) in [5.41, 5.74) is 0.487. The van der Waals surface area contributed by atoms with E-state index in [4.69, 9.17) is 0 Å². The normalized spacial score (nSPS) is 15.3. The molecule has 7 heteroatoms. The van der Waals surface area contributed by atoms with E-state index in [-0.39, 0.29) is 5.56 Å². The molecule has 0 bridgehead atoms. The largest absolute Gasteiger partial charge is 0.416 e. The average Bonchev–Trinajstić information content (AvgIpc) is 2.74. The molecule has 2 aromatic rings. The molecule has 1 N–H and O–H groups in total. The summed E-state index contributed by atoms with van der Waals surface area (Å²) >= 11 is 0. The number of hydrogen-bond acceptors (Lipinski definition) is 3. The van der Waals surface area contributed by atoms with Crippen LogP contribution >= 0.6 is 0 Å². The first-order valence-corrected chi connectivity index (χ1v) is 9.91. The molecule has 1 heterocycles. The van der Waals surface area contributed by atoms with Crippen LogP contribution in [0.1, 0.15) is 28.8 Å². The monoisotopic (exact) mass is 405 g/mol. The number of nitrogens with one attached hydrogen (secondary N) is 1. The zero-order valence-corrected chi connectivity index (χ0v) is 16.3. The number of hydrogen-bond donors (Lipinski definition) is 1. The highest BCUT2D eigenvalue weighted by Gasteiger charge is 2.30. The maximum Gasteiger partial charge on any atom is 0.416 e. The van der Waals surface area contributed by atoms with Gasteiger partial charge in [-0.05, 0) is 49.7 Å². The second-order valence-electron chi connectivity index (χ2n) is 7.21. The van der Waals surface area contributed by atoms with E-state index in [0.29, 0.717) is 6.54 Å². The summed E-state index contributed by atoms with van der Waals surface area (Å²) in [5, 5.41) is 2.71. The number of carbonyl (C=O) groups excluding carboxylic acids is 1. The van der Waals surface area contributed by atoms with Crippen LogP contribution in [-0.2, 0) is 6.18 Å². The van der Waals surface area contributed by atoms with Gasteiger partial charge in [-0.2, -0.15) is 13.2 Å². The molecule has 0 atom stereocenters. The Morgan fingerprint density at radius 1 is 0.931 bits per heavy atom. The molecule has 1 saturated heterocycles. The second kappa shape index (κ2) is 9.78. The van der Waals surface area contributed by atoms with Crippen LogP contribution in [0.15, 0.2) is 54.6 Å². The van der Waals surface area contributed by atoms with E-state index in [2.05, 4.69) is 39.4 Å². The smallest absolute Gasteiger partial charge is 0.369 e. The molecule has 1 fully saturated rings. The lowest BCUT2D eigenvalue weighted by atomic mass is 10.1. The summed E-state index contributed by atoms with van der Waals surface area (Å²) in [4.78, 5) is 16.9. The number of para-hydroxylation sites is 1. The first-order valence-electron chi connectivity index (χ1n) is 9.91. The molecule has 156 valence electrons. The molecule has 1 aliphatic heterocycles. The SMILES string of the molecule is O=C(NCCCCN1CCN(c2ccccc2)CC1)c1cccc(C(F)(F)F)c1. The first-order chi connectivity index (χ1) is 13.9. The van der Waals surface area contributed by atoms with Crippen molar-refractivity contribution in [3.05, 3.63) is 65.7 Å². The van der Waals surface area contributed by atoms with Gasteiger partial charge in [0.15, 0.2) is 0 Å². The van der Waals surface area contributed by atoms with Crippen LogP contribution in [0, 0.1) is 0 Å². The van der Waals surface area contributed by atoms with Crippen LogP contribution in [0.4, 0.5) is 18.9 Å². The van der Waals surface area contributed by atoms with Crippen LogP contribution in [0.2, 0.25) is 0 Å². The number of rotatable bonds is 7. The molecule has 0 unspecified atom stereocenters. The fourth-order valence-electron chi connectivity index (χ4n) is 3.47. The Morgan fingerprint density at radius 2 is 1.66 bits per heavy atom. The standard InChI is InChI=1S/C22H26F3N3O/c23-22(24,25)19-8-6-7-18(17-19)21(29)26-11-4-5-12-27-13-15-28(16-14-27)20-9-2-1-3-10-20/h1-3,6-10,17H,4-5,11-16H2,(H,26,29). The Hall–Kier alpha value is -2.54. The summed E-state index contributed by atoms with van der Waals surface area (Å²) in [6.07, 6.45) is -2.71. The van der Waals surface area contributed by atoms with Gasteiger partial charge < -0.3 is 10.2 Å². The molecule has 0 saturated carbocycles. The van der Waals surface area contributed by atoms with Crippen molar-refractivity contribution in [1.82, 2.24) is 10.2 Å². The first kappa shape index (κ1) is 21.2. The van der Waals surface area contributed by atoms with Gasteiger partial charge in [0.1, 0.15) is 0 Å². The number of halogens is 3. The molecule has 0 aliphatic carbocycles. The number of amides is 1. The quantitative estimate of drug-likeness (QED) is 0.707. The summed E-state index contributed by atoms with van der Waals surface area (Å²) < 4.78 is 38.2. The molecule has 0 spiro atoms. The van der Waals surface area contributed by atoms with E-state index in [1.807, 2.05) is 6.07 Å². The van der Waals surface area contributed by atoms with E-state index in [0.717, 1.165) is 57.7 Å². The Balaban J connectivity index is 1.33. The highest BCUT2D eigenvalue weighted by atomic mass is 19.4. The zero-order chi connectivity index (χ0) is 20.7. The minimum atomic E-state index is -4.44. The lowest BCUT2D eigenvalue weighted by Gasteiger charge is -2.36. The third-order valence-corrected chi connectivity index (χ3v) is 5.13. The van der Waals surface area contributed by atoms with Crippen molar-refractivity contribution in [3.8, 4) is 0 Å². The Kier molecular flexibility index (Phi) is 7.14. The van der Waals surface area contributed by atoms with Gasteiger partial charge in [0.25, 0.3) is 5.91 Å². The fraction of sp³-hybridized carbons (Fsp3) is 0.409. The van der Waals surface area contributed by atoms with Crippen molar-refractivity contribution < 1.29 is 18.0 Å². The molecule has 2 aromatic carbocycles. The van der Waals surface area contributed by atoms with Gasteiger partial charge in [-0.1, -0.05) is 24.3 Å². The summed E-state index contributed by atoms with van der Waals surface area (Å²) in [6, 6.07) is 14.9. The van der Waals surface area contributed by atoms with Crippen LogP contribution in [0.5, 0.6) is 0 Å². The lowest BCUT2D eigenvalue weighted by Crippen LogP contribution is -2.46. The topological polar surface area (TPSA) is 35.6 Å². The minimum Gasteiger partial charge on any atom is -0.369 e. The molecule has 4 nitrogen and oxygen atoms in total. The van der Waals surface area contributed by atoms with E-state index >= 15 is 0 Å². The third-order valence-electron chi connectivity index (χ3n) is 5.13. The molecule has 3 rings (SSSR count). The Labute approximate surface area is 169 Å². The summed E-state index contributed by atoms with van der Waals surface area (Å²) in [7, 11) is 0. The van der Waals surface area contributed by atoms with Gasteiger partial charge in [0, 0.05) is 44.0 Å². The van der Waals surface area contributed by atoms with Crippen LogP contribution in [0.3, 0.4) is 0 Å². The van der Waals surface area contributed by atoms with E-state index < -0.39 is 17.6 Å². The van der Waals surface area contributed by atoms with Gasteiger partial charge in [-0.25, -0.2) is 0 Å². The number of nitrogens with zero attached hydrogens (tertiary/aromatic N) is 2. The Bertz CT molecular complexity index is 787. The average molecular weight is 405 g/mol. The Morgan fingerprint density at radius 3 is 2.34 bits per heavy atom. The number of alkyl halides is 3. The zero-order valence-electron chi connectivity index (χ0n) is 16.3. The molecule has 1 amide bonds. The van der Waals surface area contributed by atoms with Crippen LogP contribution in [-0.4, -0.2) is 50.1 Å². The van der Waals surface area contributed by atoms with E-state index in [9.17, 15) is 18.0 Å². The highest BCUT2D eigenvalue weighted by Crippen LogP contribution is 2.29. The van der Waals surface area contributed by atoms with Gasteiger partial charge in [0.2, 0.25) is 0 Å². The molecular formula is C22H26F3N3O. The van der Waals surface area contributed by atoms with Crippen molar-refractivity contribution in [2.75, 3.05) is 44.2 Å². The van der Waals surface area contributed by atoms with Gasteiger partial charge >= 0.3 is 6.18 Å². The van der Waals surface area contributed by atoms with E-state index in [1.165, 1.54) is 17.8 Å². The van der Waals surface area contributed by atoms with Gasteiger partial charge in [-0.15, -0.1) is 0 Å². The molecule has 1 aliphatic rings. The minimum absolute atomic E-state index is 0.0388. The number of anilines is 1. The molecule has 0 radical (unpaired) electrons. The van der Waals surface area contributed by atoms with Crippen molar-refractivity contribution in [2.24, 2.45) is 0 Å². The van der Waals surface area contributed by atoms with Crippen molar-refractivity contribution in [1.29, 1.82) is 0 Å². The predicted octanol–water partition coefficient (Wildman–Crippen LogP) is 4.04. The molecule has 29 heavy (non-hydrogen) atoms. The van der Waals surface area contributed by atoms with Crippen molar-refractivity contribution >= 4 is 11.6 Å². The van der Waals surface area contributed by atoms with E-state index in [1.54, 1.807) is 0 Å². The summed E-state index contributed by atoms with van der Waals surface area (Å²) in [5.74, 6) is -0.465. The van der Waals surface area contributed by atoms with Gasteiger partial charge in [0.05, 0.1) is 5.56 Å². The fourth-order valence-corrected chi connectivity index (χ4v) is 3.47. The predicted molar refractivity (Wildman–Crippen MR) is 108 cm³/mol. The van der Waals surface area contributed by atoms with Crippen molar-refractivity contribution in [3.63, 3.8) is 0 Å². The highest BCUT2D eigenvalue weighted by molar-refractivity contribution is 5.94. The number of benzene rings is 2. The van der Waals surface area contributed by atoms with Crippen LogP contribution < -0.4 is 10.2 Å². The molecule has 0 aromatic heterocycles. The van der Waals surface area contributed by atoms with Crippen molar-refractivity contribution in [2.45, 2.75) is 19.0 Å². The van der Waals surface area contributed by atoms with Crippen LogP contribution in [0.25, 0.3) is 0 Å². The lowest BCUT2D eigenvalue weighted by molar-refractivity contribution is -0.137. The summed E-state index contributed by atoms with van der Waals surface area (Å²) in [6.45, 7) is 5.42. The number of carbonyl (C=O) groups is 1. The second-order valence-corrected chi connectivity index (χ2v) is 7.21. The maximum atomic E-state index is 12.7. The molecular weight excluding hydrogens is 379 g/mol. The van der Waals surface area contributed by atoms with Gasteiger partial charge in [-0.3, -0.25) is 9.69 Å². The number of piperazine rings is 1. The maximum absolute atomic E-state index is 12.7. The number of unbranched alkanes of at least 4 members (excludes halogenated alkanes) is 1.